The van der Waals surface area contributed by atoms with Gasteiger partial charge >= 0.3 is 6.09 Å². The molecule has 260 valence electrons. The fourth-order valence-electron chi connectivity index (χ4n) is 6.04. The van der Waals surface area contributed by atoms with Gasteiger partial charge in [0, 0.05) is 58.1 Å². The first-order valence-corrected chi connectivity index (χ1v) is 17.5. The number of nitrogens with zero attached hydrogens (tertiary/aromatic N) is 5. The topological polar surface area (TPSA) is 110 Å². The van der Waals surface area contributed by atoms with Crippen LogP contribution in [-0.4, -0.2) is 86.4 Å². The second-order valence-corrected chi connectivity index (χ2v) is 12.4. The molecule has 10 nitrogen and oxygen atoms in total. The smallest absolute Gasteiger partial charge is 0.410 e. The number of aromatic nitrogens is 1. The van der Waals surface area contributed by atoms with Gasteiger partial charge in [-0.1, -0.05) is 62.6 Å². The molecule has 0 spiro atoms. The third-order valence-electron chi connectivity index (χ3n) is 8.90. The number of aliphatic imine (C=N–C) groups is 2. The zero-order valence-electron chi connectivity index (χ0n) is 29.3. The second kappa shape index (κ2) is 19.6. The van der Waals surface area contributed by atoms with Crippen molar-refractivity contribution >= 4 is 24.3 Å². The predicted molar refractivity (Wildman–Crippen MR) is 197 cm³/mol. The van der Waals surface area contributed by atoms with E-state index in [2.05, 4.69) is 82.1 Å². The second-order valence-electron chi connectivity index (χ2n) is 12.4. The number of methoxy groups -OCH3 is 1. The van der Waals surface area contributed by atoms with E-state index in [1.807, 2.05) is 13.1 Å². The highest BCUT2D eigenvalue weighted by molar-refractivity contribution is 6.04. The molecule has 48 heavy (non-hydrogen) atoms. The maximum Gasteiger partial charge on any atom is 0.410 e. The lowest BCUT2D eigenvalue weighted by molar-refractivity contribution is 0.0700. The van der Waals surface area contributed by atoms with Gasteiger partial charge in [0.15, 0.2) is 5.84 Å². The number of hydrogen-bond acceptors (Lipinski definition) is 7. The highest BCUT2D eigenvalue weighted by atomic mass is 16.6. The molecule has 0 aliphatic carbocycles. The van der Waals surface area contributed by atoms with E-state index in [0.29, 0.717) is 25.5 Å². The Bertz CT molecular complexity index is 1460. The van der Waals surface area contributed by atoms with Crippen LogP contribution in [-0.2, 0) is 30.9 Å². The van der Waals surface area contributed by atoms with Crippen LogP contribution in [0.4, 0.5) is 10.5 Å². The number of ether oxygens (including phenoxy) is 2. The predicted octanol–water partition coefficient (Wildman–Crippen LogP) is 6.35. The first kappa shape index (κ1) is 36.7. The number of anilines is 1. The highest BCUT2D eigenvalue weighted by Gasteiger charge is 2.23. The van der Waals surface area contributed by atoms with Gasteiger partial charge in [0.25, 0.3) is 0 Å². The van der Waals surface area contributed by atoms with Gasteiger partial charge in [0.1, 0.15) is 18.1 Å². The van der Waals surface area contributed by atoms with Crippen molar-refractivity contribution in [3.05, 3.63) is 82.7 Å². The van der Waals surface area contributed by atoms with Gasteiger partial charge < -0.3 is 30.0 Å². The minimum absolute atomic E-state index is 0.252. The van der Waals surface area contributed by atoms with Crippen LogP contribution in [0.25, 0.3) is 0 Å². The number of nitrogens with one attached hydrogen (secondary N) is 1. The van der Waals surface area contributed by atoms with E-state index in [1.165, 1.54) is 11.1 Å². The monoisotopic (exact) mass is 657 g/mol. The molecular formula is C38H55N7O3. The van der Waals surface area contributed by atoms with E-state index in [1.54, 1.807) is 12.0 Å². The van der Waals surface area contributed by atoms with Gasteiger partial charge in [-0.25, -0.2) is 9.79 Å². The van der Waals surface area contributed by atoms with Crippen LogP contribution < -0.4 is 15.8 Å². The zero-order chi connectivity index (χ0) is 34.1. The normalized spacial score (nSPS) is 13.8. The summed E-state index contributed by atoms with van der Waals surface area (Å²) in [4.78, 5) is 26.0. The van der Waals surface area contributed by atoms with Crippen molar-refractivity contribution in [1.82, 2.24) is 14.4 Å². The maximum atomic E-state index is 12.8. The quantitative estimate of drug-likeness (QED) is 0.0938. The molecule has 3 aromatic rings. The molecule has 1 aliphatic heterocycles. The number of hydrogen-bond donors (Lipinski definition) is 2. The largest absolute Gasteiger partial charge is 0.496 e. The molecule has 0 saturated carbocycles. The van der Waals surface area contributed by atoms with Gasteiger partial charge in [-0.15, -0.1) is 0 Å². The Morgan fingerprint density at radius 3 is 2.38 bits per heavy atom. The molecule has 4 rings (SSSR count). The van der Waals surface area contributed by atoms with Gasteiger partial charge in [-0.05, 0) is 67.8 Å². The molecule has 1 amide bonds. The SMILES string of the molecule is C=NC(=NCCCCC)c1c(NC)ccn1Cc1ccc(CN2CCN(C(=O)OCc3ccc(CCCCCN)cc3)CC2)cc1OC. The summed E-state index contributed by atoms with van der Waals surface area (Å²) in [6, 6.07) is 16.8. The van der Waals surface area contributed by atoms with Crippen molar-refractivity contribution in [2.75, 3.05) is 58.7 Å². The number of rotatable bonds is 18. The standard InChI is InChI=1S/C38H55N7O3/c1-5-6-10-20-42-37(41-3)36-34(40-2)18-21-45(36)28-33-17-16-32(26-35(33)47-4)27-43-22-24-44(25-23-43)38(46)48-29-31-14-12-30(13-15-31)11-8-7-9-19-39/h12-18,21,26,40H,3,5-11,19-20,22-25,27-29,39H2,1-2,4H3. The maximum absolute atomic E-state index is 12.8. The zero-order valence-corrected chi connectivity index (χ0v) is 29.3. The number of piperazine rings is 1. The average Bonchev–Trinajstić information content (AvgIpc) is 3.52. The van der Waals surface area contributed by atoms with Crippen LogP contribution >= 0.6 is 0 Å². The lowest BCUT2D eigenvalue weighted by Gasteiger charge is -2.34. The van der Waals surface area contributed by atoms with Crippen molar-refractivity contribution in [1.29, 1.82) is 0 Å². The first-order chi connectivity index (χ1) is 23.5. The van der Waals surface area contributed by atoms with Gasteiger partial charge in [-0.3, -0.25) is 9.89 Å². The molecule has 0 atom stereocenters. The summed E-state index contributed by atoms with van der Waals surface area (Å²) in [5, 5.41) is 3.27. The van der Waals surface area contributed by atoms with Gasteiger partial charge in [-0.2, -0.15) is 0 Å². The van der Waals surface area contributed by atoms with Crippen molar-refractivity contribution in [3.8, 4) is 5.75 Å². The first-order valence-electron chi connectivity index (χ1n) is 17.5. The summed E-state index contributed by atoms with van der Waals surface area (Å²) in [5.74, 6) is 1.49. The Morgan fingerprint density at radius 2 is 1.69 bits per heavy atom. The van der Waals surface area contributed by atoms with E-state index < -0.39 is 0 Å². The summed E-state index contributed by atoms with van der Waals surface area (Å²) in [6.07, 6.45) is 9.56. The highest BCUT2D eigenvalue weighted by Crippen LogP contribution is 2.26. The molecular weight excluding hydrogens is 602 g/mol. The molecule has 2 heterocycles. The molecule has 0 unspecified atom stereocenters. The molecule has 0 bridgehead atoms. The Morgan fingerprint density at radius 1 is 0.938 bits per heavy atom. The molecule has 1 aromatic heterocycles. The third kappa shape index (κ3) is 10.7. The molecule has 2 aromatic carbocycles. The number of carbonyl (C=O) groups is 1. The Hall–Kier alpha value is -4.15. The van der Waals surface area contributed by atoms with Crippen LogP contribution in [0, 0.1) is 0 Å². The van der Waals surface area contributed by atoms with E-state index in [0.717, 1.165) is 106 Å². The van der Waals surface area contributed by atoms with Crippen molar-refractivity contribution < 1.29 is 14.3 Å². The molecule has 10 heteroatoms. The Kier molecular flexibility index (Phi) is 15.0. The molecule has 1 saturated heterocycles. The lowest BCUT2D eigenvalue weighted by atomic mass is 10.1. The van der Waals surface area contributed by atoms with Crippen LogP contribution in [0.5, 0.6) is 5.75 Å². The number of aryl methyl sites for hydroxylation is 1. The number of nitrogens with two attached hydrogens (primary N) is 1. The van der Waals surface area contributed by atoms with Crippen molar-refractivity contribution in [2.24, 2.45) is 15.7 Å². The minimum atomic E-state index is -0.252. The summed E-state index contributed by atoms with van der Waals surface area (Å²) in [6.45, 7) is 12.0. The van der Waals surface area contributed by atoms with Crippen LogP contribution in [0.15, 0.2) is 64.7 Å². The van der Waals surface area contributed by atoms with Crippen molar-refractivity contribution in [3.63, 3.8) is 0 Å². The summed E-state index contributed by atoms with van der Waals surface area (Å²) < 4.78 is 13.7. The number of amides is 1. The lowest BCUT2D eigenvalue weighted by Crippen LogP contribution is -2.48. The van der Waals surface area contributed by atoms with Crippen LogP contribution in [0.2, 0.25) is 0 Å². The van der Waals surface area contributed by atoms with Gasteiger partial charge in [0.2, 0.25) is 0 Å². The molecule has 1 aliphatic rings. The van der Waals surface area contributed by atoms with E-state index in [9.17, 15) is 4.79 Å². The molecule has 3 N–H and O–H groups in total. The number of unbranched alkanes of at least 4 members (excludes halogenated alkanes) is 4. The summed E-state index contributed by atoms with van der Waals surface area (Å²) in [5.41, 5.74) is 12.0. The number of carbonyl (C=O) groups excluding carboxylic acids is 1. The third-order valence-corrected chi connectivity index (χ3v) is 8.90. The summed E-state index contributed by atoms with van der Waals surface area (Å²) in [7, 11) is 3.62. The number of benzene rings is 2. The average molecular weight is 658 g/mol. The van der Waals surface area contributed by atoms with E-state index in [-0.39, 0.29) is 12.7 Å². The fraction of sp³-hybridized carbons (Fsp3) is 0.500. The van der Waals surface area contributed by atoms with Gasteiger partial charge in [0.05, 0.1) is 19.3 Å². The van der Waals surface area contributed by atoms with Crippen LogP contribution in [0.3, 0.4) is 0 Å². The Balaban J connectivity index is 1.28. The minimum Gasteiger partial charge on any atom is -0.496 e. The molecule has 1 fully saturated rings. The van der Waals surface area contributed by atoms with Crippen molar-refractivity contribution in [2.45, 2.75) is 71.6 Å². The Labute approximate surface area is 287 Å². The molecule has 0 radical (unpaired) electrons. The van der Waals surface area contributed by atoms with E-state index in [4.69, 9.17) is 20.2 Å². The van der Waals surface area contributed by atoms with E-state index >= 15 is 0 Å². The fourth-order valence-corrected chi connectivity index (χ4v) is 6.04. The van der Waals surface area contributed by atoms with Crippen LogP contribution in [0.1, 0.15) is 73.4 Å². The summed E-state index contributed by atoms with van der Waals surface area (Å²) >= 11 is 0. The number of amidine groups is 1.